The molecule has 1 aromatic carbocycles. The van der Waals surface area contributed by atoms with E-state index in [9.17, 15) is 26.3 Å². The summed E-state index contributed by atoms with van der Waals surface area (Å²) in [4.78, 5) is 9.44. The molecule has 0 amide bonds. The highest BCUT2D eigenvalue weighted by Crippen LogP contribution is 2.37. The summed E-state index contributed by atoms with van der Waals surface area (Å²) in [5.41, 5.74) is -3.03. The van der Waals surface area contributed by atoms with Crippen molar-refractivity contribution in [2.45, 2.75) is 12.4 Å². The molecular formula is C15H10F6N4O2. The molecule has 0 fully saturated rings. The van der Waals surface area contributed by atoms with Crippen molar-refractivity contribution in [2.75, 3.05) is 14.2 Å². The van der Waals surface area contributed by atoms with Crippen LogP contribution in [0.4, 0.5) is 26.3 Å². The molecule has 2 aromatic heterocycles. The van der Waals surface area contributed by atoms with E-state index >= 15 is 0 Å². The third kappa shape index (κ3) is 3.34. The average molecular weight is 392 g/mol. The molecule has 144 valence electrons. The van der Waals surface area contributed by atoms with E-state index in [1.54, 1.807) is 0 Å². The number of fused-ring (bicyclic) bond motifs is 1. The fourth-order valence-electron chi connectivity index (χ4n) is 2.39. The Hall–Kier alpha value is -3.05. The van der Waals surface area contributed by atoms with Crippen LogP contribution in [0, 0.1) is 0 Å². The number of aromatic nitrogens is 4. The second kappa shape index (κ2) is 6.28. The van der Waals surface area contributed by atoms with Gasteiger partial charge in [-0.05, 0) is 12.1 Å². The maximum Gasteiger partial charge on any atom is 0.451 e. The van der Waals surface area contributed by atoms with E-state index in [-0.39, 0.29) is 11.4 Å². The molecule has 0 spiro atoms. The van der Waals surface area contributed by atoms with Gasteiger partial charge in [0.05, 0.1) is 19.9 Å². The minimum absolute atomic E-state index is 0.176. The molecule has 0 unspecified atom stereocenters. The summed E-state index contributed by atoms with van der Waals surface area (Å²) >= 11 is 0. The van der Waals surface area contributed by atoms with Crippen molar-refractivity contribution in [3.63, 3.8) is 0 Å². The first-order valence-electron chi connectivity index (χ1n) is 7.18. The van der Waals surface area contributed by atoms with E-state index in [0.29, 0.717) is 5.75 Å². The van der Waals surface area contributed by atoms with Gasteiger partial charge in [-0.3, -0.25) is 4.57 Å². The lowest BCUT2D eigenvalue weighted by Gasteiger charge is -2.12. The Morgan fingerprint density at radius 2 is 1.56 bits per heavy atom. The number of alkyl halides is 6. The van der Waals surface area contributed by atoms with Crippen LogP contribution in [0.15, 0.2) is 24.5 Å². The van der Waals surface area contributed by atoms with E-state index < -0.39 is 35.0 Å². The van der Waals surface area contributed by atoms with Crippen molar-refractivity contribution < 1.29 is 35.8 Å². The third-order valence-electron chi connectivity index (χ3n) is 3.56. The van der Waals surface area contributed by atoms with E-state index in [1.807, 2.05) is 0 Å². The van der Waals surface area contributed by atoms with Crippen molar-refractivity contribution in [1.29, 1.82) is 0 Å². The van der Waals surface area contributed by atoms with Crippen LogP contribution in [0.25, 0.3) is 16.9 Å². The molecule has 2 heterocycles. The Morgan fingerprint density at radius 3 is 2.11 bits per heavy atom. The van der Waals surface area contributed by atoms with Crippen LogP contribution in [0.5, 0.6) is 11.5 Å². The summed E-state index contributed by atoms with van der Waals surface area (Å²) in [5, 5.41) is 0. The normalized spacial score (nSPS) is 12.4. The van der Waals surface area contributed by atoms with Gasteiger partial charge >= 0.3 is 12.4 Å². The first-order valence-corrected chi connectivity index (χ1v) is 7.18. The molecule has 0 atom stereocenters. The average Bonchev–Trinajstić information content (AvgIpc) is 3.02. The SMILES string of the molecule is COc1ccc(-n2cnc3c(C(F)(F)F)nc(C(F)(F)F)nc32)cc1OC. The molecule has 27 heavy (non-hydrogen) atoms. The number of hydrogen-bond donors (Lipinski definition) is 0. The number of benzene rings is 1. The second-order valence-electron chi connectivity index (χ2n) is 5.22. The highest BCUT2D eigenvalue weighted by molar-refractivity contribution is 5.76. The predicted molar refractivity (Wildman–Crippen MR) is 79.8 cm³/mol. The maximum absolute atomic E-state index is 13.2. The highest BCUT2D eigenvalue weighted by Gasteiger charge is 2.42. The van der Waals surface area contributed by atoms with E-state index in [1.165, 1.54) is 32.4 Å². The minimum Gasteiger partial charge on any atom is -0.493 e. The van der Waals surface area contributed by atoms with Gasteiger partial charge in [-0.2, -0.15) is 26.3 Å². The molecule has 3 aromatic rings. The van der Waals surface area contributed by atoms with Crippen LogP contribution in [0.3, 0.4) is 0 Å². The van der Waals surface area contributed by atoms with Crippen molar-refractivity contribution in [2.24, 2.45) is 0 Å². The van der Waals surface area contributed by atoms with E-state index in [0.717, 1.165) is 10.9 Å². The molecule has 0 aliphatic rings. The number of ether oxygens (including phenoxy) is 2. The lowest BCUT2D eigenvalue weighted by Crippen LogP contribution is -2.18. The molecule has 0 bridgehead atoms. The van der Waals surface area contributed by atoms with Gasteiger partial charge in [0.2, 0.25) is 5.82 Å². The molecule has 0 saturated carbocycles. The first kappa shape index (κ1) is 18.7. The Morgan fingerprint density at radius 1 is 0.889 bits per heavy atom. The van der Waals surface area contributed by atoms with Crippen molar-refractivity contribution in [3.8, 4) is 17.2 Å². The zero-order chi connectivity index (χ0) is 20.0. The Balaban J connectivity index is 2.30. The zero-order valence-corrected chi connectivity index (χ0v) is 13.7. The Labute approximate surface area is 147 Å². The van der Waals surface area contributed by atoms with E-state index in [4.69, 9.17) is 9.47 Å². The fourth-order valence-corrected chi connectivity index (χ4v) is 2.39. The topological polar surface area (TPSA) is 62.1 Å². The molecule has 0 aliphatic heterocycles. The molecule has 0 saturated heterocycles. The monoisotopic (exact) mass is 392 g/mol. The zero-order valence-electron chi connectivity index (χ0n) is 13.7. The molecule has 0 N–H and O–H groups in total. The van der Waals surface area contributed by atoms with Gasteiger partial charge in [-0.25, -0.2) is 15.0 Å². The largest absolute Gasteiger partial charge is 0.493 e. The summed E-state index contributed by atoms with van der Waals surface area (Å²) < 4.78 is 89.6. The smallest absolute Gasteiger partial charge is 0.451 e. The molecule has 0 radical (unpaired) electrons. The summed E-state index contributed by atoms with van der Waals surface area (Å²) in [7, 11) is 2.71. The Bertz CT molecular complexity index is 996. The summed E-state index contributed by atoms with van der Waals surface area (Å²) in [6, 6.07) is 4.21. The van der Waals surface area contributed by atoms with Crippen molar-refractivity contribution >= 4 is 11.2 Å². The van der Waals surface area contributed by atoms with Gasteiger partial charge in [-0.1, -0.05) is 0 Å². The fraction of sp³-hybridized carbons (Fsp3) is 0.267. The van der Waals surface area contributed by atoms with Crippen LogP contribution in [-0.2, 0) is 12.4 Å². The summed E-state index contributed by atoms with van der Waals surface area (Å²) in [6.45, 7) is 0. The van der Waals surface area contributed by atoms with Gasteiger partial charge in [0, 0.05) is 6.07 Å². The Kier molecular flexibility index (Phi) is 4.36. The second-order valence-corrected chi connectivity index (χ2v) is 5.22. The number of rotatable bonds is 3. The van der Waals surface area contributed by atoms with Crippen LogP contribution in [0.2, 0.25) is 0 Å². The number of halogens is 6. The number of hydrogen-bond acceptors (Lipinski definition) is 5. The molecule has 6 nitrogen and oxygen atoms in total. The van der Waals surface area contributed by atoms with Crippen molar-refractivity contribution in [3.05, 3.63) is 36.0 Å². The quantitative estimate of drug-likeness (QED) is 0.634. The summed E-state index contributed by atoms with van der Waals surface area (Å²) in [5.74, 6) is -1.37. The number of nitrogens with zero attached hydrogens (tertiary/aromatic N) is 4. The van der Waals surface area contributed by atoms with Gasteiger partial charge < -0.3 is 9.47 Å². The molecule has 12 heteroatoms. The van der Waals surface area contributed by atoms with Crippen LogP contribution in [-0.4, -0.2) is 33.7 Å². The number of imidazole rings is 1. The van der Waals surface area contributed by atoms with Crippen molar-refractivity contribution in [1.82, 2.24) is 19.5 Å². The molecule has 3 rings (SSSR count). The lowest BCUT2D eigenvalue weighted by atomic mass is 10.2. The first-order chi connectivity index (χ1) is 12.6. The van der Waals surface area contributed by atoms with Crippen LogP contribution in [0.1, 0.15) is 11.5 Å². The van der Waals surface area contributed by atoms with E-state index in [2.05, 4.69) is 15.0 Å². The molecular weight excluding hydrogens is 382 g/mol. The predicted octanol–water partition coefficient (Wildman–Crippen LogP) is 3.87. The maximum atomic E-state index is 13.2. The minimum atomic E-state index is -5.17. The standard InChI is InChI=1S/C15H10F6N4O2/c1-26-8-4-3-7(5-9(8)27-2)25-6-22-10-11(14(16,17)18)23-13(15(19,20)21)24-12(10)25/h3-6H,1-2H3. The lowest BCUT2D eigenvalue weighted by molar-refractivity contribution is -0.151. The summed E-state index contributed by atoms with van der Waals surface area (Å²) in [6.07, 6.45) is -9.38. The van der Waals surface area contributed by atoms with Gasteiger partial charge in [0.15, 0.2) is 22.8 Å². The van der Waals surface area contributed by atoms with Gasteiger partial charge in [0.1, 0.15) is 11.8 Å². The van der Waals surface area contributed by atoms with Crippen LogP contribution >= 0.6 is 0 Å². The van der Waals surface area contributed by atoms with Gasteiger partial charge in [-0.15, -0.1) is 0 Å². The number of methoxy groups -OCH3 is 2. The van der Waals surface area contributed by atoms with Gasteiger partial charge in [0.25, 0.3) is 0 Å². The molecule has 0 aliphatic carbocycles. The van der Waals surface area contributed by atoms with Crippen LogP contribution < -0.4 is 9.47 Å². The highest BCUT2D eigenvalue weighted by atomic mass is 19.4. The third-order valence-corrected chi connectivity index (χ3v) is 3.56.